The molecular weight excluding hydrogens is 342 g/mol. The first-order chi connectivity index (χ1) is 12.8. The number of hydrogen-bond acceptors (Lipinski definition) is 4. The minimum atomic E-state index is -0.360. The molecule has 3 nitrogen and oxygen atoms in total. The van der Waals surface area contributed by atoms with Crippen LogP contribution in [0.5, 0.6) is 0 Å². The summed E-state index contributed by atoms with van der Waals surface area (Å²) in [6.45, 7) is 2.76. The van der Waals surface area contributed by atoms with Crippen LogP contribution in [-0.4, -0.2) is 52.9 Å². The van der Waals surface area contributed by atoms with E-state index in [-0.39, 0.29) is 18.2 Å². The van der Waals surface area contributed by atoms with Crippen LogP contribution in [0.1, 0.15) is 18.4 Å². The third-order valence-electron chi connectivity index (χ3n) is 5.56. The molecule has 0 radical (unpaired) electrons. The number of aliphatic hydroxyl groups is 1. The molecule has 1 N–H and O–H groups in total. The summed E-state index contributed by atoms with van der Waals surface area (Å²) in [6.07, 6.45) is 1.60. The maximum atomic E-state index is 10.7. The van der Waals surface area contributed by atoms with Gasteiger partial charge in [-0.1, -0.05) is 54.6 Å². The Balaban J connectivity index is 1.31. The average Bonchev–Trinajstić information content (AvgIpc) is 3.08. The largest absolute Gasteiger partial charge is 0.389 e. The fourth-order valence-electron chi connectivity index (χ4n) is 4.04. The number of ether oxygens (including phenoxy) is 1. The van der Waals surface area contributed by atoms with Crippen LogP contribution < -0.4 is 0 Å². The van der Waals surface area contributed by atoms with Crippen molar-refractivity contribution < 1.29 is 9.84 Å². The summed E-state index contributed by atoms with van der Waals surface area (Å²) in [5.74, 6) is 2.37. The first-order valence-corrected chi connectivity index (χ1v) is 10.7. The van der Waals surface area contributed by atoms with E-state index in [0.717, 1.165) is 31.5 Å². The number of hydrogen-bond donors (Lipinski definition) is 1. The van der Waals surface area contributed by atoms with Gasteiger partial charge in [0.1, 0.15) is 0 Å². The third-order valence-corrected chi connectivity index (χ3v) is 6.50. The van der Waals surface area contributed by atoms with Gasteiger partial charge in [0.15, 0.2) is 0 Å². The van der Waals surface area contributed by atoms with Crippen LogP contribution in [0.4, 0.5) is 0 Å². The highest BCUT2D eigenvalue weighted by atomic mass is 32.2. The van der Waals surface area contributed by atoms with Gasteiger partial charge in [0.25, 0.3) is 0 Å². The van der Waals surface area contributed by atoms with Crippen molar-refractivity contribution in [2.45, 2.75) is 37.7 Å². The molecule has 1 saturated carbocycles. The Hall–Kier alpha value is -1.33. The number of nitrogens with zero attached hydrogens (tertiary/aromatic N) is 1. The Morgan fingerprint density at radius 2 is 1.62 bits per heavy atom. The predicted octanol–water partition coefficient (Wildman–Crippen LogP) is 3.81. The number of benzene rings is 2. The van der Waals surface area contributed by atoms with Crippen molar-refractivity contribution >= 4 is 11.8 Å². The molecule has 138 valence electrons. The van der Waals surface area contributed by atoms with Crippen molar-refractivity contribution in [1.29, 1.82) is 0 Å². The lowest BCUT2D eigenvalue weighted by atomic mass is 10.0. The smallest absolute Gasteiger partial charge is 0.0956 e. The van der Waals surface area contributed by atoms with Gasteiger partial charge in [0, 0.05) is 30.6 Å². The molecule has 0 bridgehead atoms. The van der Waals surface area contributed by atoms with Gasteiger partial charge in [-0.15, -0.1) is 0 Å². The van der Waals surface area contributed by atoms with Gasteiger partial charge in [-0.25, -0.2) is 0 Å². The normalized spacial score (nSPS) is 26.9. The van der Waals surface area contributed by atoms with Crippen LogP contribution in [0.25, 0.3) is 11.1 Å². The standard InChI is InChI=1S/C22H27NO2S/c24-22-20(23-12-14-26-15-13-23)10-11-21(22)25-16-17-6-8-19(9-7-17)18-4-2-1-3-5-18/h1-9,20-22,24H,10-16H2/t20-,21-,22+/m1/s1. The minimum Gasteiger partial charge on any atom is -0.389 e. The molecule has 2 aromatic rings. The zero-order chi connectivity index (χ0) is 17.8. The van der Waals surface area contributed by atoms with Crippen LogP contribution in [0.3, 0.4) is 0 Å². The van der Waals surface area contributed by atoms with E-state index in [4.69, 9.17) is 4.74 Å². The second-order valence-corrected chi connectivity index (χ2v) is 8.42. The highest BCUT2D eigenvalue weighted by molar-refractivity contribution is 7.99. The molecule has 26 heavy (non-hydrogen) atoms. The van der Waals surface area contributed by atoms with E-state index in [1.54, 1.807) is 0 Å². The van der Waals surface area contributed by atoms with Crippen LogP contribution >= 0.6 is 11.8 Å². The number of aliphatic hydroxyl groups excluding tert-OH is 1. The molecule has 0 unspecified atom stereocenters. The molecule has 2 aliphatic rings. The second-order valence-electron chi connectivity index (χ2n) is 7.20. The summed E-state index contributed by atoms with van der Waals surface area (Å²) in [5, 5.41) is 10.7. The van der Waals surface area contributed by atoms with E-state index in [2.05, 4.69) is 53.4 Å². The van der Waals surface area contributed by atoms with E-state index in [0.29, 0.717) is 6.61 Å². The van der Waals surface area contributed by atoms with Gasteiger partial charge < -0.3 is 9.84 Å². The number of rotatable bonds is 5. The van der Waals surface area contributed by atoms with Crippen molar-refractivity contribution in [1.82, 2.24) is 4.90 Å². The zero-order valence-electron chi connectivity index (χ0n) is 15.1. The third kappa shape index (κ3) is 4.15. The first kappa shape index (κ1) is 18.1. The summed E-state index contributed by atoms with van der Waals surface area (Å²) >= 11 is 2.01. The van der Waals surface area contributed by atoms with Gasteiger partial charge in [-0.05, 0) is 29.5 Å². The van der Waals surface area contributed by atoms with Gasteiger partial charge in [0.2, 0.25) is 0 Å². The van der Waals surface area contributed by atoms with Crippen molar-refractivity contribution in [2.24, 2.45) is 0 Å². The number of thioether (sulfide) groups is 1. The van der Waals surface area contributed by atoms with Crippen LogP contribution in [0.15, 0.2) is 54.6 Å². The Bertz CT molecular complexity index is 685. The topological polar surface area (TPSA) is 32.7 Å². The fraction of sp³-hybridized carbons (Fsp3) is 0.455. The molecule has 1 aliphatic heterocycles. The lowest BCUT2D eigenvalue weighted by Gasteiger charge is -2.34. The Kier molecular flexibility index (Phi) is 5.95. The summed E-state index contributed by atoms with van der Waals surface area (Å²) in [4.78, 5) is 2.46. The zero-order valence-corrected chi connectivity index (χ0v) is 15.9. The summed E-state index contributed by atoms with van der Waals surface area (Å²) in [5.41, 5.74) is 3.61. The molecule has 2 fully saturated rings. The molecule has 3 atom stereocenters. The molecule has 0 amide bonds. The van der Waals surface area contributed by atoms with Crippen molar-refractivity contribution in [3.8, 4) is 11.1 Å². The predicted molar refractivity (Wildman–Crippen MR) is 108 cm³/mol. The molecule has 0 spiro atoms. The summed E-state index contributed by atoms with van der Waals surface area (Å²) in [7, 11) is 0. The van der Waals surface area contributed by atoms with E-state index in [1.165, 1.54) is 22.6 Å². The summed E-state index contributed by atoms with van der Waals surface area (Å²) in [6, 6.07) is 19.2. The maximum absolute atomic E-state index is 10.7. The van der Waals surface area contributed by atoms with Gasteiger partial charge in [-0.2, -0.15) is 11.8 Å². The Morgan fingerprint density at radius 1 is 0.923 bits per heavy atom. The highest BCUT2D eigenvalue weighted by Gasteiger charge is 2.39. The van der Waals surface area contributed by atoms with E-state index in [9.17, 15) is 5.11 Å². The Morgan fingerprint density at radius 3 is 2.35 bits per heavy atom. The maximum Gasteiger partial charge on any atom is 0.0956 e. The first-order valence-electron chi connectivity index (χ1n) is 9.57. The van der Waals surface area contributed by atoms with E-state index in [1.807, 2.05) is 17.8 Å². The quantitative estimate of drug-likeness (QED) is 0.869. The average molecular weight is 370 g/mol. The molecule has 2 aromatic carbocycles. The summed E-state index contributed by atoms with van der Waals surface area (Å²) < 4.78 is 6.09. The van der Waals surface area contributed by atoms with Crippen LogP contribution in [-0.2, 0) is 11.3 Å². The van der Waals surface area contributed by atoms with Gasteiger partial charge in [-0.3, -0.25) is 4.90 Å². The highest BCUT2D eigenvalue weighted by Crippen LogP contribution is 2.29. The molecular formula is C22H27NO2S. The van der Waals surface area contributed by atoms with Crippen LogP contribution in [0, 0.1) is 0 Å². The molecule has 1 aliphatic carbocycles. The Labute approximate surface area is 160 Å². The lowest BCUT2D eigenvalue weighted by Crippen LogP contribution is -2.47. The fourth-order valence-corrected chi connectivity index (χ4v) is 4.97. The lowest BCUT2D eigenvalue weighted by molar-refractivity contribution is -0.0485. The SMILES string of the molecule is O[C@H]1[C@H](N2CCSCC2)CC[C@H]1OCc1ccc(-c2ccccc2)cc1. The molecule has 4 heteroatoms. The van der Waals surface area contributed by atoms with Crippen molar-refractivity contribution in [2.75, 3.05) is 24.6 Å². The van der Waals surface area contributed by atoms with E-state index >= 15 is 0 Å². The second kappa shape index (κ2) is 8.57. The van der Waals surface area contributed by atoms with E-state index < -0.39 is 0 Å². The molecule has 1 saturated heterocycles. The molecule has 1 heterocycles. The van der Waals surface area contributed by atoms with Crippen molar-refractivity contribution in [3.05, 3.63) is 60.2 Å². The van der Waals surface area contributed by atoms with Crippen molar-refractivity contribution in [3.63, 3.8) is 0 Å². The van der Waals surface area contributed by atoms with Crippen LogP contribution in [0.2, 0.25) is 0 Å². The van der Waals surface area contributed by atoms with Gasteiger partial charge in [0.05, 0.1) is 18.8 Å². The van der Waals surface area contributed by atoms with Gasteiger partial charge >= 0.3 is 0 Å². The molecule has 0 aromatic heterocycles. The monoisotopic (exact) mass is 369 g/mol. The molecule has 4 rings (SSSR count). The minimum absolute atomic E-state index is 0.0385.